The third kappa shape index (κ3) is 5.87. The molecule has 0 aliphatic rings. The Morgan fingerprint density at radius 3 is 2.29 bits per heavy atom. The second kappa shape index (κ2) is 7.49. The molecule has 0 saturated heterocycles. The molecule has 0 amide bonds. The lowest BCUT2D eigenvalue weighted by atomic mass is 10.1. The molecule has 0 bridgehead atoms. The van der Waals surface area contributed by atoms with Crippen LogP contribution < -0.4 is 18.1 Å². The molecule has 0 spiro atoms. The normalized spacial score (nSPS) is 10.8. The van der Waals surface area contributed by atoms with Crippen LogP contribution in [0.4, 0.5) is 0 Å². The fraction of sp³-hybridized carbons (Fsp3) is 0.429. The minimum absolute atomic E-state index is 0. The number of benzene rings is 1. The molecule has 3 heteroatoms. The smallest absolute Gasteiger partial charge is 0.104 e. The molecule has 0 heterocycles. The number of quaternary nitrogens is 1. The van der Waals surface area contributed by atoms with Crippen LogP contribution in [0.2, 0.25) is 0 Å². The maximum absolute atomic E-state index is 5.55. The van der Waals surface area contributed by atoms with E-state index in [2.05, 4.69) is 44.9 Å². The third-order valence-corrected chi connectivity index (χ3v) is 2.79. The van der Waals surface area contributed by atoms with Crippen molar-refractivity contribution in [3.63, 3.8) is 0 Å². The van der Waals surface area contributed by atoms with Crippen LogP contribution in [0.25, 0.3) is 6.08 Å². The minimum atomic E-state index is 0. The van der Waals surface area contributed by atoms with Gasteiger partial charge in [-0.05, 0) is 12.1 Å². The fourth-order valence-electron chi connectivity index (χ4n) is 1.85. The van der Waals surface area contributed by atoms with Gasteiger partial charge >= 0.3 is 0 Å². The van der Waals surface area contributed by atoms with E-state index in [4.69, 9.17) is 5.73 Å². The summed E-state index contributed by atoms with van der Waals surface area (Å²) in [7, 11) is 4.49. The van der Waals surface area contributed by atoms with Crippen molar-refractivity contribution in [2.24, 2.45) is 5.73 Å². The van der Waals surface area contributed by atoms with Crippen molar-refractivity contribution < 1.29 is 16.9 Å². The van der Waals surface area contributed by atoms with Crippen LogP contribution in [0.3, 0.4) is 0 Å². The van der Waals surface area contributed by atoms with E-state index in [0.29, 0.717) is 0 Å². The average molecular weight is 255 g/mol. The molecular formula is C14H23ClN2. The molecule has 0 atom stereocenters. The van der Waals surface area contributed by atoms with Crippen LogP contribution in [0.15, 0.2) is 30.8 Å². The number of rotatable bonds is 6. The molecule has 1 rings (SSSR count). The molecule has 2 N–H and O–H groups in total. The monoisotopic (exact) mass is 254 g/mol. The first-order valence-electron chi connectivity index (χ1n) is 5.81. The SMILES string of the molecule is C=Cc1ccc(C[N+](C)(C)CCCN)cc1.[Cl-]. The Morgan fingerprint density at radius 1 is 1.24 bits per heavy atom. The van der Waals surface area contributed by atoms with Gasteiger partial charge in [-0.2, -0.15) is 0 Å². The van der Waals surface area contributed by atoms with E-state index in [1.165, 1.54) is 11.1 Å². The summed E-state index contributed by atoms with van der Waals surface area (Å²) in [4.78, 5) is 0. The lowest BCUT2D eigenvalue weighted by Gasteiger charge is -2.29. The number of hydrogen-bond acceptors (Lipinski definition) is 1. The highest BCUT2D eigenvalue weighted by Crippen LogP contribution is 2.11. The molecule has 0 unspecified atom stereocenters. The molecule has 1 aromatic rings. The van der Waals surface area contributed by atoms with Gasteiger partial charge in [0.2, 0.25) is 0 Å². The summed E-state index contributed by atoms with van der Waals surface area (Å²) in [6, 6.07) is 8.59. The predicted molar refractivity (Wildman–Crippen MR) is 70.9 cm³/mol. The second-order valence-corrected chi connectivity index (χ2v) is 4.91. The van der Waals surface area contributed by atoms with Gasteiger partial charge in [0.15, 0.2) is 0 Å². The van der Waals surface area contributed by atoms with E-state index in [1.54, 1.807) is 0 Å². The van der Waals surface area contributed by atoms with Gasteiger partial charge in [-0.1, -0.05) is 36.9 Å². The summed E-state index contributed by atoms with van der Waals surface area (Å²) in [5, 5.41) is 0. The summed E-state index contributed by atoms with van der Waals surface area (Å²) < 4.78 is 0.991. The van der Waals surface area contributed by atoms with Crippen LogP contribution >= 0.6 is 0 Å². The first-order chi connectivity index (χ1) is 7.57. The van der Waals surface area contributed by atoms with E-state index >= 15 is 0 Å². The molecule has 1 aromatic carbocycles. The largest absolute Gasteiger partial charge is 1.00 e. The van der Waals surface area contributed by atoms with Crippen LogP contribution in [0, 0.1) is 0 Å². The van der Waals surface area contributed by atoms with E-state index < -0.39 is 0 Å². The summed E-state index contributed by atoms with van der Waals surface area (Å²) in [6.07, 6.45) is 2.95. The molecule has 0 aliphatic heterocycles. The van der Waals surface area contributed by atoms with Gasteiger partial charge in [0.05, 0.1) is 20.6 Å². The molecule has 96 valence electrons. The first-order valence-corrected chi connectivity index (χ1v) is 5.81. The van der Waals surface area contributed by atoms with Crippen LogP contribution in [-0.2, 0) is 6.54 Å². The second-order valence-electron chi connectivity index (χ2n) is 4.91. The highest BCUT2D eigenvalue weighted by Gasteiger charge is 2.14. The van der Waals surface area contributed by atoms with E-state index in [9.17, 15) is 0 Å². The molecule has 0 saturated carbocycles. The molecule has 0 aliphatic carbocycles. The van der Waals surface area contributed by atoms with Crippen molar-refractivity contribution in [1.29, 1.82) is 0 Å². The van der Waals surface area contributed by atoms with Gasteiger partial charge in [0.25, 0.3) is 0 Å². The van der Waals surface area contributed by atoms with Crippen molar-refractivity contribution in [3.05, 3.63) is 42.0 Å². The number of hydrogen-bond donors (Lipinski definition) is 1. The molecule has 0 radical (unpaired) electrons. The predicted octanol–water partition coefficient (Wildman–Crippen LogP) is -0.741. The van der Waals surface area contributed by atoms with Gasteiger partial charge in [-0.15, -0.1) is 0 Å². The number of nitrogens with two attached hydrogens (primary N) is 1. The number of halogens is 1. The Hall–Kier alpha value is -0.830. The van der Waals surface area contributed by atoms with Crippen molar-refractivity contribution in [1.82, 2.24) is 0 Å². The minimum Gasteiger partial charge on any atom is -1.00 e. The van der Waals surface area contributed by atoms with Gasteiger partial charge in [0, 0.05) is 12.0 Å². The average Bonchev–Trinajstić information content (AvgIpc) is 2.27. The maximum Gasteiger partial charge on any atom is 0.104 e. The summed E-state index contributed by atoms with van der Waals surface area (Å²) in [5.74, 6) is 0. The van der Waals surface area contributed by atoms with Crippen molar-refractivity contribution >= 4 is 6.08 Å². The first kappa shape index (κ1) is 16.2. The number of nitrogens with zero attached hydrogens (tertiary/aromatic N) is 1. The van der Waals surface area contributed by atoms with Crippen molar-refractivity contribution in [2.75, 3.05) is 27.2 Å². The van der Waals surface area contributed by atoms with Crippen LogP contribution in [-0.4, -0.2) is 31.7 Å². The Balaban J connectivity index is 0.00000256. The summed E-state index contributed by atoms with van der Waals surface area (Å²) in [6.45, 7) is 6.71. The van der Waals surface area contributed by atoms with Crippen molar-refractivity contribution in [3.8, 4) is 0 Å². The quantitative estimate of drug-likeness (QED) is 0.665. The van der Waals surface area contributed by atoms with Gasteiger partial charge in [-0.25, -0.2) is 0 Å². The Bertz CT molecular complexity index is 331. The Kier molecular flexibility index (Phi) is 7.12. The zero-order valence-electron chi connectivity index (χ0n) is 10.8. The highest BCUT2D eigenvalue weighted by atomic mass is 35.5. The summed E-state index contributed by atoms with van der Waals surface area (Å²) in [5.41, 5.74) is 8.09. The highest BCUT2D eigenvalue weighted by molar-refractivity contribution is 5.47. The zero-order chi connectivity index (χ0) is 12.0. The van der Waals surface area contributed by atoms with Crippen molar-refractivity contribution in [2.45, 2.75) is 13.0 Å². The molecule has 17 heavy (non-hydrogen) atoms. The Labute approximate surface area is 111 Å². The Morgan fingerprint density at radius 2 is 1.82 bits per heavy atom. The van der Waals surface area contributed by atoms with Crippen LogP contribution in [0.5, 0.6) is 0 Å². The lowest BCUT2D eigenvalue weighted by Crippen LogP contribution is -3.00. The maximum atomic E-state index is 5.55. The van der Waals surface area contributed by atoms with Gasteiger partial charge in [0.1, 0.15) is 6.54 Å². The molecule has 0 aromatic heterocycles. The third-order valence-electron chi connectivity index (χ3n) is 2.79. The molecular weight excluding hydrogens is 232 g/mol. The summed E-state index contributed by atoms with van der Waals surface area (Å²) >= 11 is 0. The van der Waals surface area contributed by atoms with Crippen LogP contribution in [0.1, 0.15) is 17.5 Å². The lowest BCUT2D eigenvalue weighted by molar-refractivity contribution is -0.903. The van der Waals surface area contributed by atoms with Gasteiger partial charge < -0.3 is 22.6 Å². The zero-order valence-corrected chi connectivity index (χ0v) is 11.6. The molecule has 0 fully saturated rings. The van der Waals surface area contributed by atoms with E-state index in [0.717, 1.165) is 30.5 Å². The molecule has 2 nitrogen and oxygen atoms in total. The van der Waals surface area contributed by atoms with E-state index in [-0.39, 0.29) is 12.4 Å². The topological polar surface area (TPSA) is 26.0 Å². The van der Waals surface area contributed by atoms with E-state index in [1.807, 2.05) is 6.08 Å². The van der Waals surface area contributed by atoms with Gasteiger partial charge in [-0.3, -0.25) is 0 Å². The fourth-order valence-corrected chi connectivity index (χ4v) is 1.85. The standard InChI is InChI=1S/C14H23N2.ClH/c1-4-13-6-8-14(9-7-13)12-16(2,3)11-5-10-15;/h4,6-9H,1,5,10-12,15H2,2-3H3;1H/q+1;/p-1.